The van der Waals surface area contributed by atoms with Crippen molar-refractivity contribution in [2.45, 2.75) is 23.9 Å². The summed E-state index contributed by atoms with van der Waals surface area (Å²) in [4.78, 5) is 12.3. The van der Waals surface area contributed by atoms with Crippen molar-refractivity contribution in [3.05, 3.63) is 24.3 Å². The van der Waals surface area contributed by atoms with E-state index < -0.39 is 17.5 Å². The van der Waals surface area contributed by atoms with Crippen LogP contribution in [-0.4, -0.2) is 12.1 Å². The van der Waals surface area contributed by atoms with Crippen LogP contribution in [0, 0.1) is 5.41 Å². The van der Waals surface area contributed by atoms with Gasteiger partial charge in [0.05, 0.1) is 0 Å². The van der Waals surface area contributed by atoms with Crippen LogP contribution in [0.25, 0.3) is 0 Å². The quantitative estimate of drug-likeness (QED) is 0.786. The van der Waals surface area contributed by atoms with E-state index in [1.54, 1.807) is 12.1 Å². The average molecular weight is 261 g/mol. The Morgan fingerprint density at radius 1 is 1.24 bits per heavy atom. The molecule has 17 heavy (non-hydrogen) atoms. The van der Waals surface area contributed by atoms with E-state index in [1.807, 2.05) is 0 Å². The lowest BCUT2D eigenvalue weighted by molar-refractivity contribution is -0.189. The van der Waals surface area contributed by atoms with Gasteiger partial charge in [-0.3, -0.25) is 4.79 Å². The molecular weight excluding hydrogens is 251 g/mol. The molecule has 6 heteroatoms. The van der Waals surface area contributed by atoms with Crippen molar-refractivity contribution in [1.82, 2.24) is 0 Å². The van der Waals surface area contributed by atoms with Gasteiger partial charge in [-0.05, 0) is 37.1 Å². The summed E-state index contributed by atoms with van der Waals surface area (Å²) in [6.07, 6.45) is -4.74. The van der Waals surface area contributed by atoms with Gasteiger partial charge < -0.3 is 5.32 Å². The molecule has 0 radical (unpaired) electrons. The second kappa shape index (κ2) is 3.94. The number of hydrogen-bond donors (Lipinski definition) is 2. The molecule has 1 amide bonds. The molecule has 1 aliphatic carbocycles. The zero-order valence-corrected chi connectivity index (χ0v) is 9.61. The molecule has 0 aliphatic heterocycles. The molecule has 1 N–H and O–H groups in total. The Labute approximate surface area is 102 Å². The van der Waals surface area contributed by atoms with E-state index in [-0.39, 0.29) is 12.8 Å². The molecule has 1 aromatic rings. The Morgan fingerprint density at radius 2 is 1.76 bits per heavy atom. The second-order valence-electron chi connectivity index (χ2n) is 4.08. The van der Waals surface area contributed by atoms with Gasteiger partial charge in [0, 0.05) is 10.6 Å². The summed E-state index contributed by atoms with van der Waals surface area (Å²) in [5, 5.41) is 2.29. The monoisotopic (exact) mass is 261 g/mol. The van der Waals surface area contributed by atoms with Gasteiger partial charge in [0.15, 0.2) is 0 Å². The Bertz CT molecular complexity index is 437. The number of nitrogens with one attached hydrogen (secondary N) is 1. The fourth-order valence-electron chi connectivity index (χ4n) is 1.56. The maximum absolute atomic E-state index is 12.6. The number of alkyl halides is 3. The summed E-state index contributed by atoms with van der Waals surface area (Å²) in [5.74, 6) is -0.975. The van der Waals surface area contributed by atoms with Gasteiger partial charge in [-0.2, -0.15) is 13.2 Å². The predicted octanol–water partition coefficient (Wildman–Crippen LogP) is 3.26. The summed E-state index contributed by atoms with van der Waals surface area (Å²) in [7, 11) is 0. The largest absolute Gasteiger partial charge is 0.403 e. The molecular formula is C11H10F3NOS. The molecule has 1 aromatic carbocycles. The first-order chi connectivity index (χ1) is 7.85. The minimum atomic E-state index is -4.47. The second-order valence-corrected chi connectivity index (χ2v) is 4.60. The van der Waals surface area contributed by atoms with Crippen LogP contribution in [-0.2, 0) is 4.79 Å². The average Bonchev–Trinajstić information content (AvgIpc) is 3.01. The number of thiol groups is 1. The molecule has 1 saturated carbocycles. The summed E-state index contributed by atoms with van der Waals surface area (Å²) < 4.78 is 37.9. The van der Waals surface area contributed by atoms with Crippen LogP contribution in [0.2, 0.25) is 0 Å². The van der Waals surface area contributed by atoms with Crippen molar-refractivity contribution in [2.24, 2.45) is 5.41 Å². The number of hydrogen-bond acceptors (Lipinski definition) is 2. The van der Waals surface area contributed by atoms with E-state index in [9.17, 15) is 18.0 Å². The van der Waals surface area contributed by atoms with Gasteiger partial charge in [0.1, 0.15) is 5.41 Å². The van der Waals surface area contributed by atoms with Crippen LogP contribution in [0.1, 0.15) is 12.8 Å². The van der Waals surface area contributed by atoms with E-state index >= 15 is 0 Å². The lowest BCUT2D eigenvalue weighted by Gasteiger charge is -2.18. The molecule has 1 aliphatic rings. The van der Waals surface area contributed by atoms with Gasteiger partial charge in [-0.1, -0.05) is 0 Å². The van der Waals surface area contributed by atoms with Crippen molar-refractivity contribution >= 4 is 24.2 Å². The van der Waals surface area contributed by atoms with Gasteiger partial charge >= 0.3 is 6.18 Å². The minimum Gasteiger partial charge on any atom is -0.325 e. The fourth-order valence-corrected chi connectivity index (χ4v) is 1.71. The predicted molar refractivity (Wildman–Crippen MR) is 60.0 cm³/mol. The van der Waals surface area contributed by atoms with Crippen molar-refractivity contribution in [2.75, 3.05) is 5.32 Å². The molecule has 2 nitrogen and oxygen atoms in total. The number of anilines is 1. The number of amides is 1. The molecule has 0 bridgehead atoms. The SMILES string of the molecule is O=C(Nc1ccc(S)cc1)C1(C(F)(F)F)CC1. The normalized spacial score (nSPS) is 17.6. The van der Waals surface area contributed by atoms with E-state index in [0.29, 0.717) is 10.6 Å². The fraction of sp³-hybridized carbons (Fsp3) is 0.364. The standard InChI is InChI=1S/C11H10F3NOS/c12-11(13,14)10(5-6-10)9(16)15-7-1-3-8(17)4-2-7/h1-4,17H,5-6H2,(H,15,16). The lowest BCUT2D eigenvalue weighted by Crippen LogP contribution is -2.36. The minimum absolute atomic E-state index is 0.132. The summed E-state index contributed by atoms with van der Waals surface area (Å²) in [6, 6.07) is 6.25. The molecule has 0 spiro atoms. The molecule has 0 aromatic heterocycles. The summed E-state index contributed by atoms with van der Waals surface area (Å²) in [5.41, 5.74) is -1.82. The van der Waals surface area contributed by atoms with Crippen LogP contribution in [0.4, 0.5) is 18.9 Å². The maximum Gasteiger partial charge on any atom is 0.403 e. The molecule has 2 rings (SSSR count). The Morgan fingerprint density at radius 3 is 2.18 bits per heavy atom. The molecule has 92 valence electrons. The molecule has 0 atom stereocenters. The maximum atomic E-state index is 12.6. The van der Waals surface area contributed by atoms with Gasteiger partial charge in [-0.15, -0.1) is 12.6 Å². The molecule has 0 heterocycles. The molecule has 0 saturated heterocycles. The smallest absolute Gasteiger partial charge is 0.325 e. The van der Waals surface area contributed by atoms with Crippen LogP contribution in [0.5, 0.6) is 0 Å². The molecule has 1 fully saturated rings. The highest BCUT2D eigenvalue weighted by atomic mass is 32.1. The Balaban J connectivity index is 2.10. The van der Waals surface area contributed by atoms with Crippen molar-refractivity contribution in [3.8, 4) is 0 Å². The number of carbonyl (C=O) groups is 1. The first-order valence-corrected chi connectivity index (χ1v) is 5.47. The first kappa shape index (κ1) is 12.3. The van der Waals surface area contributed by atoms with Crippen LogP contribution in [0.3, 0.4) is 0 Å². The van der Waals surface area contributed by atoms with Crippen LogP contribution in [0.15, 0.2) is 29.2 Å². The van der Waals surface area contributed by atoms with Crippen molar-refractivity contribution in [3.63, 3.8) is 0 Å². The summed E-state index contributed by atoms with van der Waals surface area (Å²) >= 11 is 4.04. The third kappa shape index (κ3) is 2.26. The number of halogens is 3. The zero-order valence-electron chi connectivity index (χ0n) is 8.71. The third-order valence-electron chi connectivity index (χ3n) is 2.85. The van der Waals surface area contributed by atoms with E-state index in [0.717, 1.165) is 0 Å². The highest BCUT2D eigenvalue weighted by Gasteiger charge is 2.68. The highest BCUT2D eigenvalue weighted by molar-refractivity contribution is 7.80. The topological polar surface area (TPSA) is 29.1 Å². The third-order valence-corrected chi connectivity index (χ3v) is 3.15. The van der Waals surface area contributed by atoms with Crippen molar-refractivity contribution < 1.29 is 18.0 Å². The number of rotatable bonds is 2. The Kier molecular flexibility index (Phi) is 2.85. The van der Waals surface area contributed by atoms with E-state index in [1.165, 1.54) is 12.1 Å². The highest BCUT2D eigenvalue weighted by Crippen LogP contribution is 2.58. The zero-order chi connectivity index (χ0) is 12.7. The molecule has 0 unspecified atom stereocenters. The number of carbonyl (C=O) groups excluding carboxylic acids is 1. The van der Waals surface area contributed by atoms with Crippen molar-refractivity contribution in [1.29, 1.82) is 0 Å². The summed E-state index contributed by atoms with van der Waals surface area (Å²) in [6.45, 7) is 0. The Hall–Kier alpha value is -1.17. The lowest BCUT2D eigenvalue weighted by atomic mass is 10.1. The van der Waals surface area contributed by atoms with Crippen LogP contribution >= 0.6 is 12.6 Å². The van der Waals surface area contributed by atoms with E-state index in [4.69, 9.17) is 0 Å². The first-order valence-electron chi connectivity index (χ1n) is 5.02. The van der Waals surface area contributed by atoms with Gasteiger partial charge in [0.2, 0.25) is 5.91 Å². The number of benzene rings is 1. The van der Waals surface area contributed by atoms with E-state index in [2.05, 4.69) is 17.9 Å². The van der Waals surface area contributed by atoms with Gasteiger partial charge in [0.25, 0.3) is 0 Å². The van der Waals surface area contributed by atoms with Gasteiger partial charge in [-0.25, -0.2) is 0 Å². The van der Waals surface area contributed by atoms with Crippen LogP contribution < -0.4 is 5.32 Å².